The van der Waals surface area contributed by atoms with Crippen molar-refractivity contribution in [2.45, 2.75) is 44.3 Å². The first kappa shape index (κ1) is 20.1. The predicted molar refractivity (Wildman–Crippen MR) is 58.1 cm³/mol. The van der Waals surface area contributed by atoms with Crippen molar-refractivity contribution in [3.05, 3.63) is 0 Å². The molecule has 0 aromatic heterocycles. The number of aliphatic hydroxyl groups excluding tert-OH is 1. The quantitative estimate of drug-likeness (QED) is 0.496. The van der Waals surface area contributed by atoms with E-state index in [1.807, 2.05) is 28.6 Å². The van der Waals surface area contributed by atoms with Crippen molar-refractivity contribution < 1.29 is 24.9 Å². The van der Waals surface area contributed by atoms with E-state index in [1.165, 1.54) is 4.55 Å². The smallest absolute Gasteiger partial charge is 0.481 e. The zero-order chi connectivity index (χ0) is 12.9. The average Bonchev–Trinajstić information content (AvgIpc) is 2.04. The van der Waals surface area contributed by atoms with Gasteiger partial charge in [-0.25, -0.2) is 0 Å². The number of aliphatic hydroxyl groups is 1. The molecule has 0 spiro atoms. The maximum absolute atomic E-state index is 9.43. The van der Waals surface area contributed by atoms with Gasteiger partial charge in [0.1, 0.15) is 6.42 Å². The largest absolute Gasteiger partial charge is 1.41 e. The lowest BCUT2D eigenvalue weighted by Crippen LogP contribution is -2.03. The fourth-order valence-corrected chi connectivity index (χ4v) is 0.129. The van der Waals surface area contributed by atoms with E-state index in [2.05, 4.69) is 6.92 Å². The van der Waals surface area contributed by atoms with Gasteiger partial charge in [0.25, 0.3) is 4.55 Å². The van der Waals surface area contributed by atoms with Crippen LogP contribution in [0.3, 0.4) is 0 Å². The van der Waals surface area contributed by atoms with Crippen LogP contribution in [0, 0.1) is 0 Å². The Morgan fingerprint density at radius 1 is 1.20 bits per heavy atom. The molecule has 1 unspecified atom stereocenters. The van der Waals surface area contributed by atoms with E-state index < -0.39 is 18.4 Å². The Bertz CT molecular complexity index is 147. The van der Waals surface area contributed by atoms with Gasteiger partial charge in [-0.3, -0.25) is 9.59 Å². The van der Waals surface area contributed by atoms with E-state index in [4.69, 9.17) is 15.3 Å². The minimum atomic E-state index is -1.31. The van der Waals surface area contributed by atoms with Gasteiger partial charge in [-0.2, -0.15) is 0 Å². The molecule has 0 amide bonds. The molecule has 0 fully saturated rings. The molecule has 1 atom stereocenters. The Hall–Kier alpha value is -0.334. The van der Waals surface area contributed by atoms with Gasteiger partial charge in [-0.05, 0) is 13.3 Å². The molecule has 3 N–H and O–H groups in total. The standard InChI is InChI=1S/C4H10O.C3H4O4.C2H5.Mg/c1-3-4(2)5;4-2(5)1-3(6)7;1-2;/h4-5H,3H2,1-2H3;1H2,(H,4,5)(H,6,7);1H2,2H3;/q;;;+2. The van der Waals surface area contributed by atoms with Gasteiger partial charge in [0, 0.05) is 6.92 Å². The highest BCUT2D eigenvalue weighted by Crippen LogP contribution is 1.81. The first-order chi connectivity index (χ1) is 6.81. The Morgan fingerprint density at radius 2 is 1.40 bits per heavy atom. The second kappa shape index (κ2) is 16.1. The Labute approximate surface area is 103 Å². The predicted octanol–water partition coefficient (Wildman–Crippen LogP) is 0.916. The summed E-state index contributed by atoms with van der Waals surface area (Å²) in [6, 6.07) is 0. The van der Waals surface area contributed by atoms with Crippen LogP contribution < -0.4 is 0 Å². The second-order valence-electron chi connectivity index (χ2n) is 2.72. The number of aliphatic carboxylic acids is 2. The summed E-state index contributed by atoms with van der Waals surface area (Å²) < 4.78 is 1.28. The van der Waals surface area contributed by atoms with Gasteiger partial charge < -0.3 is 15.3 Å². The third-order valence-corrected chi connectivity index (χ3v) is 0.893. The summed E-state index contributed by atoms with van der Waals surface area (Å²) >= 11 is 1.97. The van der Waals surface area contributed by atoms with E-state index in [9.17, 15) is 9.59 Å². The van der Waals surface area contributed by atoms with Crippen LogP contribution in [-0.2, 0) is 9.59 Å². The highest BCUT2D eigenvalue weighted by Gasteiger charge is 2.13. The summed E-state index contributed by atoms with van der Waals surface area (Å²) in [7, 11) is 0. The fourth-order valence-electron chi connectivity index (χ4n) is 0.129. The Morgan fingerprint density at radius 3 is 1.40 bits per heavy atom. The van der Waals surface area contributed by atoms with Crippen molar-refractivity contribution >= 4 is 33.6 Å². The zero-order valence-corrected chi connectivity index (χ0v) is 11.0. The van der Waals surface area contributed by atoms with Crippen LogP contribution in [0.4, 0.5) is 0 Å². The first-order valence-corrected chi connectivity index (χ1v) is 5.72. The third kappa shape index (κ3) is 57.9. The minimum absolute atomic E-state index is 0.116. The van der Waals surface area contributed by atoms with Gasteiger partial charge in [0.15, 0.2) is 0 Å². The van der Waals surface area contributed by atoms with Crippen LogP contribution in [0.2, 0.25) is 4.55 Å². The second-order valence-corrected chi connectivity index (χ2v) is 3.72. The van der Waals surface area contributed by atoms with Gasteiger partial charge in [-0.15, -0.1) is 0 Å². The molecule has 15 heavy (non-hydrogen) atoms. The number of hydrogen-bond acceptors (Lipinski definition) is 3. The Balaban J connectivity index is -0.000000158. The summed E-state index contributed by atoms with van der Waals surface area (Å²) in [5.74, 6) is -2.62. The number of hydrogen-bond donors (Lipinski definition) is 3. The lowest BCUT2D eigenvalue weighted by atomic mass is 10.3. The molecule has 85 valence electrons. The van der Waals surface area contributed by atoms with Crippen molar-refractivity contribution in [1.82, 2.24) is 0 Å². The highest BCUT2D eigenvalue weighted by molar-refractivity contribution is 6.08. The summed E-state index contributed by atoms with van der Waals surface area (Å²) in [4.78, 5) is 18.9. The maximum atomic E-state index is 9.43. The molecule has 0 heterocycles. The molecule has 0 saturated heterocycles. The minimum Gasteiger partial charge on any atom is -0.481 e. The van der Waals surface area contributed by atoms with Crippen molar-refractivity contribution in [3.63, 3.8) is 0 Å². The van der Waals surface area contributed by atoms with Crippen LogP contribution in [0.5, 0.6) is 0 Å². The van der Waals surface area contributed by atoms with E-state index in [0.29, 0.717) is 0 Å². The third-order valence-electron chi connectivity index (χ3n) is 0.893. The van der Waals surface area contributed by atoms with Crippen LogP contribution in [0.15, 0.2) is 0 Å². The van der Waals surface area contributed by atoms with Crippen molar-refractivity contribution in [3.8, 4) is 0 Å². The summed E-state index contributed by atoms with van der Waals surface area (Å²) in [5.41, 5.74) is 0. The molecular weight excluding hydrogens is 212 g/mol. The lowest BCUT2D eigenvalue weighted by Gasteiger charge is -1.90. The van der Waals surface area contributed by atoms with Gasteiger partial charge in [-0.1, -0.05) is 6.92 Å². The normalized spacial score (nSPS) is 9.93. The summed E-state index contributed by atoms with van der Waals surface area (Å²) in [5, 5.41) is 23.8. The van der Waals surface area contributed by atoms with Crippen molar-refractivity contribution in [2.24, 2.45) is 0 Å². The molecule has 0 saturated carbocycles. The summed E-state index contributed by atoms with van der Waals surface area (Å²) in [6.45, 7) is 5.86. The molecule has 0 aliphatic heterocycles. The molecule has 0 rings (SSSR count). The SMILES string of the molecule is CCC(C)O.C[CH2][Mg+2].O=C(O)CC(=O)O. The fraction of sp³-hybridized carbons (Fsp3) is 0.778. The molecule has 0 aliphatic rings. The van der Waals surface area contributed by atoms with E-state index in [-0.39, 0.29) is 6.10 Å². The molecule has 5 nitrogen and oxygen atoms in total. The van der Waals surface area contributed by atoms with E-state index in [1.54, 1.807) is 6.92 Å². The molecule has 0 aromatic carbocycles. The summed E-state index contributed by atoms with van der Waals surface area (Å²) in [6.07, 6.45) is -0.0602. The molecule has 7 radical (unpaired) electrons. The number of carboxylic acid groups (broad SMARTS) is 2. The molecule has 0 aromatic rings. The van der Waals surface area contributed by atoms with Crippen molar-refractivity contribution in [2.75, 3.05) is 0 Å². The van der Waals surface area contributed by atoms with E-state index >= 15 is 0 Å². The highest BCUT2D eigenvalue weighted by atomic mass is 24.4. The van der Waals surface area contributed by atoms with Crippen LogP contribution >= 0.6 is 0 Å². The van der Waals surface area contributed by atoms with Crippen LogP contribution in [0.25, 0.3) is 0 Å². The number of carbonyl (C=O) groups is 2. The monoisotopic (exact) mass is 231 g/mol. The van der Waals surface area contributed by atoms with Gasteiger partial charge in [0.2, 0.25) is 0 Å². The van der Waals surface area contributed by atoms with Gasteiger partial charge in [0.05, 0.1) is 6.10 Å². The number of rotatable bonds is 3. The average molecular weight is 232 g/mol. The zero-order valence-electron chi connectivity index (χ0n) is 9.56. The first-order valence-electron chi connectivity index (χ1n) is 4.72. The molecular formula is C9H19MgO5+2. The topological polar surface area (TPSA) is 94.8 Å². The molecule has 0 bridgehead atoms. The molecule has 6 heteroatoms. The lowest BCUT2D eigenvalue weighted by molar-refractivity contribution is -0.147. The van der Waals surface area contributed by atoms with Crippen LogP contribution in [-0.4, -0.2) is 55.1 Å². The van der Waals surface area contributed by atoms with Crippen LogP contribution in [0.1, 0.15) is 33.6 Å². The molecule has 0 aliphatic carbocycles. The Kier molecular flexibility index (Phi) is 21.6. The number of carboxylic acids is 2. The maximum Gasteiger partial charge on any atom is 1.41 e. The van der Waals surface area contributed by atoms with Crippen molar-refractivity contribution in [1.29, 1.82) is 0 Å². The van der Waals surface area contributed by atoms with E-state index in [0.717, 1.165) is 6.42 Å². The van der Waals surface area contributed by atoms with Gasteiger partial charge >= 0.3 is 33.6 Å².